The van der Waals surface area contributed by atoms with E-state index in [-0.39, 0.29) is 22.4 Å². The number of anilines is 2. The molecule has 0 aliphatic heterocycles. The summed E-state index contributed by atoms with van der Waals surface area (Å²) < 4.78 is 47.7. The normalized spacial score (nSPS) is 11.1. The van der Waals surface area contributed by atoms with E-state index in [0.717, 1.165) is 16.8 Å². The molecule has 5 aromatic rings. The number of hydrogen-bond donors (Lipinski definition) is 1. The van der Waals surface area contributed by atoms with Gasteiger partial charge in [-0.15, -0.1) is 0 Å². The topological polar surface area (TPSA) is 101 Å². The molecule has 0 aliphatic rings. The Morgan fingerprint density at radius 1 is 0.972 bits per heavy atom. The smallest absolute Gasteiger partial charge is 0.226 e. The molecule has 13 heteroatoms. The van der Waals surface area contributed by atoms with Gasteiger partial charge in [0.05, 0.1) is 44.8 Å². The predicted octanol–water partition coefficient (Wildman–Crippen LogP) is 4.70. The average Bonchev–Trinajstić information content (AvgIpc) is 3.50. The Balaban J connectivity index is 1.52. The van der Waals surface area contributed by atoms with Crippen LogP contribution < -0.4 is 19.5 Å². The summed E-state index contributed by atoms with van der Waals surface area (Å²) in [5.74, 6) is 0.484. The molecule has 0 radical (unpaired) electrons. The van der Waals surface area contributed by atoms with Gasteiger partial charge in [0.2, 0.25) is 11.0 Å². The highest BCUT2D eigenvalue weighted by molar-refractivity contribution is 6.28. The van der Waals surface area contributed by atoms with Gasteiger partial charge in [-0.1, -0.05) is 6.07 Å². The van der Waals surface area contributed by atoms with Crippen molar-refractivity contribution in [3.8, 4) is 28.6 Å². The SMILES string of the molecule is COc1cc(-n2cnc(Nc3nc(Cl)nc4c3cnn4-c3c(F)cccc3F)c2)cc(OC)c1OC. The van der Waals surface area contributed by atoms with Crippen molar-refractivity contribution in [2.24, 2.45) is 0 Å². The van der Waals surface area contributed by atoms with Crippen LogP contribution in [0.1, 0.15) is 0 Å². The van der Waals surface area contributed by atoms with E-state index in [9.17, 15) is 8.78 Å². The van der Waals surface area contributed by atoms with Gasteiger partial charge in [-0.25, -0.2) is 18.4 Å². The van der Waals surface area contributed by atoms with Crippen LogP contribution in [0.2, 0.25) is 5.28 Å². The van der Waals surface area contributed by atoms with Crippen molar-refractivity contribution in [3.63, 3.8) is 0 Å². The van der Waals surface area contributed by atoms with Crippen LogP contribution in [0.3, 0.4) is 0 Å². The van der Waals surface area contributed by atoms with Crippen molar-refractivity contribution in [1.29, 1.82) is 0 Å². The van der Waals surface area contributed by atoms with Gasteiger partial charge < -0.3 is 24.1 Å². The number of nitrogens with zero attached hydrogens (tertiary/aromatic N) is 6. The molecule has 0 unspecified atom stereocenters. The average molecular weight is 514 g/mol. The first-order valence-electron chi connectivity index (χ1n) is 10.4. The molecule has 2 aromatic carbocycles. The molecule has 10 nitrogen and oxygen atoms in total. The summed E-state index contributed by atoms with van der Waals surface area (Å²) in [6.45, 7) is 0. The van der Waals surface area contributed by atoms with E-state index in [1.54, 1.807) is 29.2 Å². The molecule has 1 N–H and O–H groups in total. The van der Waals surface area contributed by atoms with E-state index in [1.807, 2.05) is 0 Å². The highest BCUT2D eigenvalue weighted by Crippen LogP contribution is 2.39. The first kappa shape index (κ1) is 23.3. The van der Waals surface area contributed by atoms with Crippen LogP contribution in [-0.2, 0) is 0 Å². The maximum absolute atomic E-state index is 14.4. The summed E-state index contributed by atoms with van der Waals surface area (Å²) in [5.41, 5.74) is 0.434. The molecular weight excluding hydrogens is 496 g/mol. The quantitative estimate of drug-likeness (QED) is 0.312. The highest BCUT2D eigenvalue weighted by Gasteiger charge is 2.19. The second-order valence-electron chi connectivity index (χ2n) is 7.38. The number of benzene rings is 2. The van der Waals surface area contributed by atoms with Gasteiger partial charge in [-0.05, 0) is 23.7 Å². The Morgan fingerprint density at radius 3 is 2.31 bits per heavy atom. The van der Waals surface area contributed by atoms with E-state index < -0.39 is 11.6 Å². The molecule has 0 amide bonds. The van der Waals surface area contributed by atoms with E-state index in [4.69, 9.17) is 25.8 Å². The molecule has 0 fully saturated rings. The molecule has 0 saturated carbocycles. The summed E-state index contributed by atoms with van der Waals surface area (Å²) >= 11 is 6.13. The third-order valence-corrected chi connectivity index (χ3v) is 5.50. The van der Waals surface area contributed by atoms with Crippen molar-refractivity contribution in [2.75, 3.05) is 26.6 Å². The Labute approximate surface area is 208 Å². The maximum atomic E-state index is 14.4. The first-order valence-corrected chi connectivity index (χ1v) is 10.8. The summed E-state index contributed by atoms with van der Waals surface area (Å²) in [4.78, 5) is 12.7. The van der Waals surface area contributed by atoms with Crippen LogP contribution in [0.5, 0.6) is 17.2 Å². The fourth-order valence-corrected chi connectivity index (χ4v) is 3.86. The summed E-state index contributed by atoms with van der Waals surface area (Å²) in [5, 5.41) is 7.40. The molecule has 3 heterocycles. The zero-order valence-electron chi connectivity index (χ0n) is 19.2. The van der Waals surface area contributed by atoms with Gasteiger partial charge in [0, 0.05) is 12.1 Å². The maximum Gasteiger partial charge on any atom is 0.226 e. The number of nitrogens with one attached hydrogen (secondary N) is 1. The number of rotatable bonds is 7. The summed E-state index contributed by atoms with van der Waals surface area (Å²) in [6.07, 6.45) is 4.65. The molecule has 0 saturated heterocycles. The Kier molecular flexibility index (Phi) is 6.02. The number of imidazole rings is 1. The Bertz CT molecular complexity index is 1540. The lowest BCUT2D eigenvalue weighted by atomic mass is 10.2. The second-order valence-corrected chi connectivity index (χ2v) is 7.72. The third-order valence-electron chi connectivity index (χ3n) is 5.33. The Hall–Kier alpha value is -4.45. The third kappa shape index (κ3) is 4.01. The molecule has 5 rings (SSSR count). The van der Waals surface area contributed by atoms with Crippen LogP contribution in [0.4, 0.5) is 20.4 Å². The van der Waals surface area contributed by atoms with E-state index >= 15 is 0 Å². The molecule has 3 aromatic heterocycles. The monoisotopic (exact) mass is 513 g/mol. The minimum atomic E-state index is -0.798. The minimum absolute atomic E-state index is 0.116. The molecule has 36 heavy (non-hydrogen) atoms. The molecule has 0 bridgehead atoms. The van der Waals surface area contributed by atoms with Gasteiger partial charge in [0.15, 0.2) is 28.8 Å². The van der Waals surface area contributed by atoms with Crippen molar-refractivity contribution in [1.82, 2.24) is 29.3 Å². The van der Waals surface area contributed by atoms with E-state index in [0.29, 0.717) is 34.1 Å². The highest BCUT2D eigenvalue weighted by atomic mass is 35.5. The molecule has 184 valence electrons. The van der Waals surface area contributed by atoms with E-state index in [2.05, 4.69) is 25.4 Å². The van der Waals surface area contributed by atoms with Crippen molar-refractivity contribution >= 4 is 34.3 Å². The van der Waals surface area contributed by atoms with Crippen LogP contribution in [-0.4, -0.2) is 50.6 Å². The largest absolute Gasteiger partial charge is 0.493 e. The molecule has 0 spiro atoms. The molecule has 0 atom stereocenters. The van der Waals surface area contributed by atoms with Crippen molar-refractivity contribution < 1.29 is 23.0 Å². The molecule has 0 aliphatic carbocycles. The fraction of sp³-hybridized carbons (Fsp3) is 0.130. The van der Waals surface area contributed by atoms with Crippen LogP contribution >= 0.6 is 11.6 Å². The van der Waals surface area contributed by atoms with Crippen LogP contribution in [0.25, 0.3) is 22.4 Å². The number of aromatic nitrogens is 6. The van der Waals surface area contributed by atoms with Gasteiger partial charge in [-0.3, -0.25) is 0 Å². The second kappa shape index (κ2) is 9.30. The minimum Gasteiger partial charge on any atom is -0.493 e. The zero-order valence-corrected chi connectivity index (χ0v) is 19.9. The van der Waals surface area contributed by atoms with Crippen LogP contribution in [0.15, 0.2) is 49.1 Å². The van der Waals surface area contributed by atoms with Gasteiger partial charge in [0.1, 0.15) is 23.7 Å². The lowest BCUT2D eigenvalue weighted by Gasteiger charge is -2.14. The molecular formula is C23H18ClF2N7O3. The Morgan fingerprint density at radius 2 is 1.67 bits per heavy atom. The number of halogens is 3. The number of ether oxygens (including phenoxy) is 3. The number of para-hydroxylation sites is 1. The standard InChI is InChI=1S/C23H18ClF2N7O3/c1-34-16-7-12(8-17(35-2)20(16)36-3)32-10-18(27-11-32)29-21-13-9-28-33(22(13)31-23(24)30-21)19-14(25)5-4-6-15(19)26/h4-11H,1-3H3,(H,29,30,31). The number of hydrogen-bond acceptors (Lipinski definition) is 8. The predicted molar refractivity (Wildman–Crippen MR) is 128 cm³/mol. The number of fused-ring (bicyclic) bond motifs is 1. The van der Waals surface area contributed by atoms with Crippen molar-refractivity contribution in [3.05, 3.63) is 66.0 Å². The van der Waals surface area contributed by atoms with Gasteiger partial charge in [0.25, 0.3) is 0 Å². The van der Waals surface area contributed by atoms with E-state index in [1.165, 1.54) is 33.6 Å². The van der Waals surface area contributed by atoms with Gasteiger partial charge in [-0.2, -0.15) is 15.1 Å². The number of methoxy groups -OCH3 is 3. The lowest BCUT2D eigenvalue weighted by molar-refractivity contribution is 0.324. The van der Waals surface area contributed by atoms with Crippen molar-refractivity contribution in [2.45, 2.75) is 0 Å². The fourth-order valence-electron chi connectivity index (χ4n) is 3.70. The van der Waals surface area contributed by atoms with Crippen LogP contribution in [0, 0.1) is 11.6 Å². The summed E-state index contributed by atoms with van der Waals surface area (Å²) in [6, 6.07) is 7.05. The zero-order chi connectivity index (χ0) is 25.4. The van der Waals surface area contributed by atoms with Gasteiger partial charge >= 0.3 is 0 Å². The first-order chi connectivity index (χ1) is 17.4. The summed E-state index contributed by atoms with van der Waals surface area (Å²) in [7, 11) is 4.58. The lowest BCUT2D eigenvalue weighted by Crippen LogP contribution is -2.05.